The molecule has 1 aromatic rings. The maximum Gasteiger partial charge on any atom is 0.419 e. The van der Waals surface area contributed by atoms with Crippen LogP contribution in [-0.4, -0.2) is 51.7 Å². The van der Waals surface area contributed by atoms with E-state index in [0.717, 1.165) is 7.11 Å². The molecule has 0 bridgehead atoms. The molecule has 0 fully saturated rings. The van der Waals surface area contributed by atoms with Crippen LogP contribution in [0.1, 0.15) is 25.2 Å². The summed E-state index contributed by atoms with van der Waals surface area (Å²) in [7, 11) is 2.45. The molecule has 10 heteroatoms. The zero-order valence-electron chi connectivity index (χ0n) is 13.8. The Hall–Kier alpha value is -2.10. The molecular weight excluding hydrogens is 331 g/mol. The molecule has 7 nitrogen and oxygen atoms in total. The largest absolute Gasteiger partial charge is 0.467 e. The SMILES string of the molecule is CCc1cc(CC(=O)NC(C(=O)OC)C(C)(O)C(F)(F)F)n(C)n1. The number of nitrogens with one attached hydrogen (secondary N) is 1. The van der Waals surface area contributed by atoms with E-state index in [-0.39, 0.29) is 6.42 Å². The molecule has 0 aliphatic carbocycles. The summed E-state index contributed by atoms with van der Waals surface area (Å²) in [6, 6.07) is -0.650. The number of amides is 1. The number of ether oxygens (including phenoxy) is 1. The van der Waals surface area contributed by atoms with Crippen LogP contribution in [0, 0.1) is 0 Å². The van der Waals surface area contributed by atoms with Gasteiger partial charge in [0.15, 0.2) is 11.6 Å². The fourth-order valence-corrected chi connectivity index (χ4v) is 2.00. The van der Waals surface area contributed by atoms with E-state index in [1.807, 2.05) is 12.2 Å². The molecular formula is C14H20F3N3O4. The first-order chi connectivity index (χ1) is 10.9. The van der Waals surface area contributed by atoms with Crippen molar-refractivity contribution in [2.24, 2.45) is 7.05 Å². The monoisotopic (exact) mass is 351 g/mol. The van der Waals surface area contributed by atoms with Gasteiger partial charge in [-0.05, 0) is 19.4 Å². The topological polar surface area (TPSA) is 93.5 Å². The second-order valence-electron chi connectivity index (χ2n) is 5.45. The first-order valence-corrected chi connectivity index (χ1v) is 7.12. The van der Waals surface area contributed by atoms with Crippen molar-refractivity contribution in [1.82, 2.24) is 15.1 Å². The number of aryl methyl sites for hydroxylation is 2. The third-order valence-electron chi connectivity index (χ3n) is 3.61. The lowest BCUT2D eigenvalue weighted by Crippen LogP contribution is -2.63. The highest BCUT2D eigenvalue weighted by molar-refractivity contribution is 5.86. The number of carbonyl (C=O) groups excluding carboxylic acids is 2. The maximum absolute atomic E-state index is 12.9. The van der Waals surface area contributed by atoms with Gasteiger partial charge in [-0.1, -0.05) is 6.92 Å². The highest BCUT2D eigenvalue weighted by Gasteiger charge is 2.58. The van der Waals surface area contributed by atoms with Crippen LogP contribution in [0.25, 0.3) is 0 Å². The molecule has 1 rings (SSSR count). The number of methoxy groups -OCH3 is 1. The second-order valence-corrected chi connectivity index (χ2v) is 5.45. The smallest absolute Gasteiger partial charge is 0.419 e. The molecule has 0 aromatic carbocycles. The number of esters is 1. The van der Waals surface area contributed by atoms with Crippen molar-refractivity contribution in [3.05, 3.63) is 17.5 Å². The van der Waals surface area contributed by atoms with Crippen LogP contribution in [-0.2, 0) is 34.2 Å². The van der Waals surface area contributed by atoms with Gasteiger partial charge in [-0.25, -0.2) is 4.79 Å². The quantitative estimate of drug-likeness (QED) is 0.728. The van der Waals surface area contributed by atoms with Crippen molar-refractivity contribution in [3.63, 3.8) is 0 Å². The molecule has 0 spiro atoms. The Labute approximate surface area is 136 Å². The zero-order chi connectivity index (χ0) is 18.7. The number of hydrogen-bond donors (Lipinski definition) is 2. The second kappa shape index (κ2) is 7.20. The molecule has 1 amide bonds. The fourth-order valence-electron chi connectivity index (χ4n) is 2.00. The van der Waals surface area contributed by atoms with Gasteiger partial charge in [0, 0.05) is 12.7 Å². The molecule has 0 saturated heterocycles. The van der Waals surface area contributed by atoms with Crippen molar-refractivity contribution in [1.29, 1.82) is 0 Å². The fraction of sp³-hybridized carbons (Fsp3) is 0.643. The van der Waals surface area contributed by atoms with Gasteiger partial charge in [-0.15, -0.1) is 0 Å². The Morgan fingerprint density at radius 2 is 2.04 bits per heavy atom. The van der Waals surface area contributed by atoms with E-state index in [9.17, 15) is 27.9 Å². The van der Waals surface area contributed by atoms with Gasteiger partial charge in [0.1, 0.15) is 0 Å². The molecule has 1 aromatic heterocycles. The average Bonchev–Trinajstić information content (AvgIpc) is 2.83. The molecule has 2 unspecified atom stereocenters. The normalized spacial score (nSPS) is 15.5. The Bertz CT molecular complexity index is 611. The number of aromatic nitrogens is 2. The van der Waals surface area contributed by atoms with E-state index in [1.54, 1.807) is 13.1 Å². The highest BCUT2D eigenvalue weighted by Crippen LogP contribution is 2.33. The number of hydrogen-bond acceptors (Lipinski definition) is 5. The molecule has 0 aliphatic rings. The predicted octanol–water partition coefficient (Wildman–Crippen LogP) is 0.496. The van der Waals surface area contributed by atoms with E-state index in [0.29, 0.717) is 24.7 Å². The van der Waals surface area contributed by atoms with Gasteiger partial charge in [-0.2, -0.15) is 18.3 Å². The van der Waals surface area contributed by atoms with Crippen molar-refractivity contribution < 1.29 is 32.6 Å². The van der Waals surface area contributed by atoms with Gasteiger partial charge in [0.05, 0.1) is 19.2 Å². The van der Waals surface area contributed by atoms with E-state index in [2.05, 4.69) is 9.84 Å². The summed E-state index contributed by atoms with van der Waals surface area (Å²) in [6.07, 6.45) is -4.81. The van der Waals surface area contributed by atoms with Crippen LogP contribution in [0.4, 0.5) is 13.2 Å². The van der Waals surface area contributed by atoms with Crippen LogP contribution in [0.2, 0.25) is 0 Å². The number of nitrogens with zero attached hydrogens (tertiary/aromatic N) is 2. The highest BCUT2D eigenvalue weighted by atomic mass is 19.4. The minimum Gasteiger partial charge on any atom is -0.467 e. The van der Waals surface area contributed by atoms with Gasteiger partial charge < -0.3 is 15.2 Å². The molecule has 2 N–H and O–H groups in total. The minimum absolute atomic E-state index is 0.301. The van der Waals surface area contributed by atoms with Crippen molar-refractivity contribution >= 4 is 11.9 Å². The number of alkyl halides is 3. The van der Waals surface area contributed by atoms with Crippen LogP contribution in [0.15, 0.2) is 6.07 Å². The number of halogens is 3. The number of rotatable bonds is 6. The van der Waals surface area contributed by atoms with Gasteiger partial charge in [0.2, 0.25) is 5.91 Å². The Morgan fingerprint density at radius 1 is 1.46 bits per heavy atom. The first-order valence-electron chi connectivity index (χ1n) is 7.12. The molecule has 24 heavy (non-hydrogen) atoms. The third-order valence-corrected chi connectivity index (χ3v) is 3.61. The van der Waals surface area contributed by atoms with Gasteiger partial charge in [-0.3, -0.25) is 9.48 Å². The maximum atomic E-state index is 12.9. The van der Waals surface area contributed by atoms with Crippen LogP contribution < -0.4 is 5.32 Å². The van der Waals surface area contributed by atoms with Crippen molar-refractivity contribution in [2.45, 2.75) is 44.5 Å². The Balaban J connectivity index is 2.96. The summed E-state index contributed by atoms with van der Waals surface area (Å²) in [5, 5.41) is 15.7. The summed E-state index contributed by atoms with van der Waals surface area (Å²) < 4.78 is 44.5. The Kier molecular flexibility index (Phi) is 5.99. The van der Waals surface area contributed by atoms with Gasteiger partial charge >= 0.3 is 12.1 Å². The summed E-state index contributed by atoms with van der Waals surface area (Å²) in [5.74, 6) is -2.27. The Morgan fingerprint density at radius 3 is 2.46 bits per heavy atom. The average molecular weight is 351 g/mol. The molecule has 0 saturated carbocycles. The number of carbonyl (C=O) groups is 2. The third kappa shape index (κ3) is 4.25. The van der Waals surface area contributed by atoms with E-state index < -0.39 is 29.7 Å². The standard InChI is InChI=1S/C14H20F3N3O4/c1-5-8-6-9(20(3)19-8)7-10(21)18-11(12(22)24-4)13(2,23)14(15,16)17/h6,11,23H,5,7H2,1-4H3,(H,18,21). The van der Waals surface area contributed by atoms with Gasteiger partial charge in [0.25, 0.3) is 0 Å². The first kappa shape index (κ1) is 19.9. The van der Waals surface area contributed by atoms with Crippen molar-refractivity contribution in [2.75, 3.05) is 7.11 Å². The molecule has 1 heterocycles. The van der Waals surface area contributed by atoms with E-state index in [1.165, 1.54) is 4.68 Å². The minimum atomic E-state index is -5.14. The van der Waals surface area contributed by atoms with E-state index in [4.69, 9.17) is 0 Å². The molecule has 0 aliphatic heterocycles. The van der Waals surface area contributed by atoms with Crippen LogP contribution in [0.5, 0.6) is 0 Å². The van der Waals surface area contributed by atoms with Crippen LogP contribution in [0.3, 0.4) is 0 Å². The van der Waals surface area contributed by atoms with E-state index >= 15 is 0 Å². The summed E-state index contributed by atoms with van der Waals surface area (Å²) in [5.41, 5.74) is -2.30. The van der Waals surface area contributed by atoms with Crippen molar-refractivity contribution in [3.8, 4) is 0 Å². The molecule has 0 radical (unpaired) electrons. The lowest BCUT2D eigenvalue weighted by molar-refractivity contribution is -0.263. The summed E-state index contributed by atoms with van der Waals surface area (Å²) in [6.45, 7) is 2.26. The summed E-state index contributed by atoms with van der Waals surface area (Å²) in [4.78, 5) is 23.6. The predicted molar refractivity (Wildman–Crippen MR) is 76.9 cm³/mol. The van der Waals surface area contributed by atoms with Crippen LogP contribution >= 0.6 is 0 Å². The lowest BCUT2D eigenvalue weighted by atomic mass is 9.95. The number of aliphatic hydroxyl groups is 1. The molecule has 136 valence electrons. The summed E-state index contributed by atoms with van der Waals surface area (Å²) >= 11 is 0. The lowest BCUT2D eigenvalue weighted by Gasteiger charge is -2.33. The molecule has 2 atom stereocenters. The zero-order valence-corrected chi connectivity index (χ0v) is 13.8.